The molecule has 0 aliphatic carbocycles. The first-order valence-electron chi connectivity index (χ1n) is 5.92. The molecule has 5 heteroatoms. The second kappa shape index (κ2) is 5.82. The van der Waals surface area contributed by atoms with Gasteiger partial charge in [-0.1, -0.05) is 26.8 Å². The van der Waals surface area contributed by atoms with Crippen LogP contribution in [-0.2, 0) is 0 Å². The van der Waals surface area contributed by atoms with Gasteiger partial charge in [-0.05, 0) is 24.0 Å². The zero-order valence-electron chi connectivity index (χ0n) is 11.0. The van der Waals surface area contributed by atoms with E-state index in [2.05, 4.69) is 31.1 Å². The molecular weight excluding hydrogens is 232 g/mol. The molecule has 0 saturated carbocycles. The number of anilines is 1. The molecule has 100 valence electrons. The topological polar surface area (TPSA) is 82.5 Å². The van der Waals surface area contributed by atoms with Crippen LogP contribution >= 0.6 is 0 Å². The highest BCUT2D eigenvalue weighted by molar-refractivity contribution is 5.85. The Morgan fingerprint density at radius 2 is 2.11 bits per heavy atom. The maximum Gasteiger partial charge on any atom is 0.354 e. The average molecular weight is 252 g/mol. The zero-order chi connectivity index (χ0) is 13.8. The molecular formula is C13H20N2O3. The number of aromatic carboxylic acids is 1. The molecule has 1 atom stereocenters. The number of aromatic nitrogens is 1. The Hall–Kier alpha value is -1.62. The number of carbonyl (C=O) groups is 1. The molecule has 18 heavy (non-hydrogen) atoms. The Kier molecular flexibility index (Phi) is 4.67. The molecule has 0 aliphatic heterocycles. The van der Waals surface area contributed by atoms with Crippen LogP contribution in [-0.4, -0.2) is 33.8 Å². The summed E-state index contributed by atoms with van der Waals surface area (Å²) >= 11 is 0. The summed E-state index contributed by atoms with van der Waals surface area (Å²) in [7, 11) is 0. The third kappa shape index (κ3) is 4.00. The van der Waals surface area contributed by atoms with E-state index in [1.165, 1.54) is 6.07 Å². The number of hydrogen-bond donors (Lipinski definition) is 3. The van der Waals surface area contributed by atoms with Crippen molar-refractivity contribution < 1.29 is 15.0 Å². The summed E-state index contributed by atoms with van der Waals surface area (Å²) in [6.07, 6.45) is 0.586. The van der Waals surface area contributed by atoms with Gasteiger partial charge in [-0.25, -0.2) is 9.78 Å². The van der Waals surface area contributed by atoms with Crippen LogP contribution < -0.4 is 5.32 Å². The number of carboxylic acids is 1. The molecule has 1 aromatic heterocycles. The summed E-state index contributed by atoms with van der Waals surface area (Å²) in [5.74, 6) is -0.531. The fourth-order valence-corrected chi connectivity index (χ4v) is 1.66. The molecule has 0 spiro atoms. The monoisotopic (exact) mass is 252 g/mol. The van der Waals surface area contributed by atoms with E-state index in [0.717, 1.165) is 0 Å². The highest BCUT2D eigenvalue weighted by Gasteiger charge is 2.24. The molecule has 1 heterocycles. The normalized spacial score (nSPS) is 13.1. The minimum absolute atomic E-state index is 0.0108. The lowest BCUT2D eigenvalue weighted by Gasteiger charge is -2.31. The van der Waals surface area contributed by atoms with Gasteiger partial charge in [0.2, 0.25) is 0 Å². The van der Waals surface area contributed by atoms with Crippen molar-refractivity contribution in [3.63, 3.8) is 0 Å². The fourth-order valence-electron chi connectivity index (χ4n) is 1.66. The van der Waals surface area contributed by atoms with Crippen molar-refractivity contribution in [2.24, 2.45) is 5.41 Å². The first kappa shape index (κ1) is 14.4. The van der Waals surface area contributed by atoms with Gasteiger partial charge in [-0.15, -0.1) is 0 Å². The number of rotatable bonds is 5. The molecule has 0 amide bonds. The van der Waals surface area contributed by atoms with Crippen molar-refractivity contribution in [2.75, 3.05) is 11.9 Å². The molecule has 0 aromatic carbocycles. The number of pyridine rings is 1. The highest BCUT2D eigenvalue weighted by Crippen LogP contribution is 2.24. The maximum atomic E-state index is 10.8. The number of hydrogen-bond acceptors (Lipinski definition) is 4. The first-order chi connectivity index (χ1) is 8.34. The summed E-state index contributed by atoms with van der Waals surface area (Å²) < 4.78 is 0. The van der Waals surface area contributed by atoms with Crippen LogP contribution in [0.3, 0.4) is 0 Å². The van der Waals surface area contributed by atoms with E-state index in [4.69, 9.17) is 10.2 Å². The lowest BCUT2D eigenvalue weighted by atomic mass is 9.85. The largest absolute Gasteiger partial charge is 0.477 e. The van der Waals surface area contributed by atoms with E-state index in [-0.39, 0.29) is 23.8 Å². The van der Waals surface area contributed by atoms with Crippen LogP contribution in [0.1, 0.15) is 37.7 Å². The Morgan fingerprint density at radius 1 is 1.44 bits per heavy atom. The summed E-state index contributed by atoms with van der Waals surface area (Å²) in [6, 6.07) is 4.85. The Balaban J connectivity index is 2.87. The molecule has 0 radical (unpaired) electrons. The summed E-state index contributed by atoms with van der Waals surface area (Å²) in [5, 5.41) is 21.1. The van der Waals surface area contributed by atoms with E-state index < -0.39 is 5.97 Å². The lowest BCUT2D eigenvalue weighted by molar-refractivity contribution is 0.0690. The summed E-state index contributed by atoms with van der Waals surface area (Å²) in [4.78, 5) is 14.8. The van der Waals surface area contributed by atoms with Gasteiger partial charge < -0.3 is 15.5 Å². The summed E-state index contributed by atoms with van der Waals surface area (Å²) in [6.45, 7) is 6.25. The zero-order valence-corrected chi connectivity index (χ0v) is 11.0. The van der Waals surface area contributed by atoms with Crippen LogP contribution in [0.15, 0.2) is 18.2 Å². The number of nitrogens with one attached hydrogen (secondary N) is 1. The molecule has 1 rings (SSSR count). The quantitative estimate of drug-likeness (QED) is 0.746. The molecule has 1 aromatic rings. The van der Waals surface area contributed by atoms with Crippen LogP contribution in [0.25, 0.3) is 0 Å². The SMILES string of the molecule is CC(C)(C)C(CCO)Nc1cccc(C(=O)O)n1. The van der Waals surface area contributed by atoms with Crippen LogP contribution in [0.5, 0.6) is 0 Å². The summed E-state index contributed by atoms with van der Waals surface area (Å²) in [5.41, 5.74) is -0.0412. The van der Waals surface area contributed by atoms with Crippen LogP contribution in [0, 0.1) is 5.41 Å². The van der Waals surface area contributed by atoms with Gasteiger partial charge in [0, 0.05) is 12.6 Å². The van der Waals surface area contributed by atoms with Crippen molar-refractivity contribution >= 4 is 11.8 Å². The molecule has 0 fully saturated rings. The van der Waals surface area contributed by atoms with E-state index in [9.17, 15) is 4.79 Å². The second-order valence-electron chi connectivity index (χ2n) is 5.29. The predicted octanol–water partition coefficient (Wildman–Crippen LogP) is 1.99. The standard InChI is InChI=1S/C13H20N2O3/c1-13(2,3)10(7-8-16)15-11-6-4-5-9(14-11)12(17)18/h4-6,10,16H,7-8H2,1-3H3,(H,14,15)(H,17,18). The van der Waals surface area contributed by atoms with Gasteiger partial charge in [0.15, 0.2) is 5.69 Å². The first-order valence-corrected chi connectivity index (χ1v) is 5.92. The molecule has 0 saturated heterocycles. The molecule has 1 unspecified atom stereocenters. The predicted molar refractivity (Wildman–Crippen MR) is 69.8 cm³/mol. The average Bonchev–Trinajstić information content (AvgIpc) is 2.27. The Bertz CT molecular complexity index is 413. The van der Waals surface area contributed by atoms with E-state index in [1.807, 2.05) is 0 Å². The molecule has 0 aliphatic rings. The minimum Gasteiger partial charge on any atom is -0.477 e. The van der Waals surface area contributed by atoms with Crippen molar-refractivity contribution in [3.05, 3.63) is 23.9 Å². The lowest BCUT2D eigenvalue weighted by Crippen LogP contribution is -2.35. The number of nitrogens with zero attached hydrogens (tertiary/aromatic N) is 1. The smallest absolute Gasteiger partial charge is 0.354 e. The fraction of sp³-hybridized carbons (Fsp3) is 0.538. The van der Waals surface area contributed by atoms with Crippen LogP contribution in [0.4, 0.5) is 5.82 Å². The molecule has 0 bridgehead atoms. The third-order valence-electron chi connectivity index (χ3n) is 2.75. The molecule has 3 N–H and O–H groups in total. The van der Waals surface area contributed by atoms with Crippen molar-refractivity contribution in [1.29, 1.82) is 0 Å². The van der Waals surface area contributed by atoms with Crippen molar-refractivity contribution in [1.82, 2.24) is 4.98 Å². The van der Waals surface area contributed by atoms with Gasteiger partial charge in [-0.2, -0.15) is 0 Å². The second-order valence-corrected chi connectivity index (χ2v) is 5.29. The van der Waals surface area contributed by atoms with Crippen molar-refractivity contribution in [2.45, 2.75) is 33.2 Å². The van der Waals surface area contributed by atoms with Gasteiger partial charge in [0.25, 0.3) is 0 Å². The van der Waals surface area contributed by atoms with Gasteiger partial charge in [0.05, 0.1) is 0 Å². The van der Waals surface area contributed by atoms with E-state index in [0.29, 0.717) is 12.2 Å². The van der Waals surface area contributed by atoms with E-state index >= 15 is 0 Å². The number of aliphatic hydroxyl groups is 1. The van der Waals surface area contributed by atoms with Gasteiger partial charge >= 0.3 is 5.97 Å². The highest BCUT2D eigenvalue weighted by atomic mass is 16.4. The maximum absolute atomic E-state index is 10.8. The number of carboxylic acid groups (broad SMARTS) is 1. The Morgan fingerprint density at radius 3 is 2.61 bits per heavy atom. The van der Waals surface area contributed by atoms with Crippen molar-refractivity contribution in [3.8, 4) is 0 Å². The Labute approximate surface area is 107 Å². The van der Waals surface area contributed by atoms with Gasteiger partial charge in [0.1, 0.15) is 5.82 Å². The minimum atomic E-state index is -1.05. The number of aliphatic hydroxyl groups excluding tert-OH is 1. The molecule has 5 nitrogen and oxygen atoms in total. The van der Waals surface area contributed by atoms with Crippen LogP contribution in [0.2, 0.25) is 0 Å². The van der Waals surface area contributed by atoms with Gasteiger partial charge in [-0.3, -0.25) is 0 Å². The third-order valence-corrected chi connectivity index (χ3v) is 2.75. The van der Waals surface area contributed by atoms with E-state index in [1.54, 1.807) is 12.1 Å².